The second kappa shape index (κ2) is 1.99. The number of aliphatic hydroxyl groups is 1. The van der Waals surface area contributed by atoms with E-state index in [4.69, 9.17) is 5.11 Å². The molecule has 1 N–H and O–H groups in total. The van der Waals surface area contributed by atoms with Crippen molar-refractivity contribution in [1.29, 1.82) is 0 Å². The van der Waals surface area contributed by atoms with Gasteiger partial charge in [0.15, 0.2) is 0 Å². The molecule has 7 heavy (non-hydrogen) atoms. The van der Waals surface area contributed by atoms with Crippen molar-refractivity contribution in [3.05, 3.63) is 0 Å². The van der Waals surface area contributed by atoms with Gasteiger partial charge >= 0.3 is 0 Å². The summed E-state index contributed by atoms with van der Waals surface area (Å²) >= 11 is 0. The Morgan fingerprint density at radius 3 is 1.86 bits per heavy atom. The summed E-state index contributed by atoms with van der Waals surface area (Å²) in [5.41, 5.74) is -0.811. The molecule has 1 heteroatoms. The van der Waals surface area contributed by atoms with Gasteiger partial charge in [0.25, 0.3) is 0 Å². The van der Waals surface area contributed by atoms with Crippen LogP contribution >= 0.6 is 0 Å². The van der Waals surface area contributed by atoms with E-state index in [1.165, 1.54) is 0 Å². The lowest BCUT2D eigenvalue weighted by Gasteiger charge is -2.04. The number of hydrogen-bond acceptors (Lipinski definition) is 1. The summed E-state index contributed by atoms with van der Waals surface area (Å²) in [4.78, 5) is 0. The summed E-state index contributed by atoms with van der Waals surface area (Å²) in [6.07, 6.45) is 0. The third-order valence-electron chi connectivity index (χ3n) is 0.431. The van der Waals surface area contributed by atoms with Gasteiger partial charge in [-0.1, -0.05) is 5.92 Å². The molecular weight excluding hydrogens is 88.1 g/mol. The van der Waals surface area contributed by atoms with E-state index < -0.39 is 5.60 Å². The van der Waals surface area contributed by atoms with Crippen molar-refractivity contribution in [3.8, 4) is 11.8 Å². The molecule has 0 aliphatic carbocycles. The Morgan fingerprint density at radius 1 is 1.43 bits per heavy atom. The Kier molecular flexibility index (Phi) is 1.86. The van der Waals surface area contributed by atoms with Crippen LogP contribution < -0.4 is 0 Å². The number of rotatable bonds is 0. The highest BCUT2D eigenvalue weighted by Crippen LogP contribution is 1.95. The van der Waals surface area contributed by atoms with Crippen LogP contribution in [0.5, 0.6) is 0 Å². The summed E-state index contributed by atoms with van der Waals surface area (Å²) in [5, 5.41) is 8.84. The molecule has 0 fully saturated rings. The Balaban J connectivity index is 3.72. The molecule has 0 aromatic heterocycles. The predicted molar refractivity (Wildman–Crippen MR) is 29.7 cm³/mol. The molecular formula is C6H10O. The average molecular weight is 98.1 g/mol. The second-order valence-corrected chi connectivity index (χ2v) is 1.93. The minimum Gasteiger partial charge on any atom is -0.378 e. The fraction of sp³-hybridized carbons (Fsp3) is 0.667. The van der Waals surface area contributed by atoms with E-state index in [1.54, 1.807) is 20.8 Å². The van der Waals surface area contributed by atoms with Crippen LogP contribution in [0.25, 0.3) is 0 Å². The van der Waals surface area contributed by atoms with Gasteiger partial charge in [-0.05, 0) is 20.8 Å². The second-order valence-electron chi connectivity index (χ2n) is 1.93. The van der Waals surface area contributed by atoms with Crippen molar-refractivity contribution < 1.29 is 5.11 Å². The van der Waals surface area contributed by atoms with Crippen molar-refractivity contribution in [1.82, 2.24) is 0 Å². The first-order valence-electron chi connectivity index (χ1n) is 2.22. The lowest BCUT2D eigenvalue weighted by Crippen LogP contribution is -2.14. The van der Waals surface area contributed by atoms with Crippen molar-refractivity contribution in [2.24, 2.45) is 0 Å². The summed E-state index contributed by atoms with van der Waals surface area (Å²) in [5.74, 6) is 5.20. The topological polar surface area (TPSA) is 20.2 Å². The first-order chi connectivity index (χ1) is 3.06. The SMILES string of the molecule is CC#CC(C)(C)O. The van der Waals surface area contributed by atoms with Gasteiger partial charge in [0.2, 0.25) is 0 Å². The number of hydrogen-bond donors (Lipinski definition) is 1. The average Bonchev–Trinajstić information content (AvgIpc) is 1.30. The molecule has 0 heterocycles. The van der Waals surface area contributed by atoms with Crippen LogP contribution in [0.1, 0.15) is 20.8 Å². The summed E-state index contributed by atoms with van der Waals surface area (Å²) in [6.45, 7) is 5.02. The lowest BCUT2D eigenvalue weighted by atomic mass is 10.1. The van der Waals surface area contributed by atoms with E-state index in [0.717, 1.165) is 0 Å². The van der Waals surface area contributed by atoms with Crippen LogP contribution in [0.2, 0.25) is 0 Å². The largest absolute Gasteiger partial charge is 0.378 e. The molecule has 0 unspecified atom stereocenters. The maximum atomic E-state index is 8.84. The van der Waals surface area contributed by atoms with Gasteiger partial charge in [0, 0.05) is 0 Å². The van der Waals surface area contributed by atoms with Crippen LogP contribution in [-0.2, 0) is 0 Å². The highest BCUT2D eigenvalue weighted by atomic mass is 16.3. The Morgan fingerprint density at radius 2 is 1.86 bits per heavy atom. The zero-order valence-corrected chi connectivity index (χ0v) is 4.95. The fourth-order valence-electron chi connectivity index (χ4n) is 0.306. The quantitative estimate of drug-likeness (QED) is 0.444. The van der Waals surface area contributed by atoms with E-state index in [1.807, 2.05) is 0 Å². The molecule has 0 aromatic carbocycles. The van der Waals surface area contributed by atoms with Gasteiger partial charge in [-0.15, -0.1) is 5.92 Å². The van der Waals surface area contributed by atoms with E-state index >= 15 is 0 Å². The Labute approximate surface area is 44.4 Å². The van der Waals surface area contributed by atoms with Crippen molar-refractivity contribution in [2.45, 2.75) is 26.4 Å². The highest BCUT2D eigenvalue weighted by Gasteiger charge is 2.03. The third-order valence-corrected chi connectivity index (χ3v) is 0.431. The Hall–Kier alpha value is -0.480. The molecule has 0 rings (SSSR count). The van der Waals surface area contributed by atoms with Gasteiger partial charge in [-0.25, -0.2) is 0 Å². The molecule has 0 atom stereocenters. The summed E-state index contributed by atoms with van der Waals surface area (Å²) in [7, 11) is 0. The van der Waals surface area contributed by atoms with Crippen LogP contribution in [0.15, 0.2) is 0 Å². The third kappa shape index (κ3) is 5.52. The first kappa shape index (κ1) is 6.52. The van der Waals surface area contributed by atoms with E-state index in [2.05, 4.69) is 11.8 Å². The molecule has 40 valence electrons. The van der Waals surface area contributed by atoms with Crippen molar-refractivity contribution in [2.75, 3.05) is 0 Å². The molecule has 0 saturated carbocycles. The predicted octanol–water partition coefficient (Wildman–Crippen LogP) is 0.781. The molecule has 0 saturated heterocycles. The molecule has 0 spiro atoms. The van der Waals surface area contributed by atoms with Crippen LogP contribution in [0.4, 0.5) is 0 Å². The molecule has 0 aromatic rings. The lowest BCUT2D eigenvalue weighted by molar-refractivity contribution is 0.143. The summed E-state index contributed by atoms with van der Waals surface area (Å²) < 4.78 is 0. The minimum absolute atomic E-state index is 0.811. The zero-order chi connectivity index (χ0) is 5.91. The molecule has 0 aliphatic rings. The molecule has 0 bridgehead atoms. The molecule has 0 amide bonds. The maximum absolute atomic E-state index is 8.84. The van der Waals surface area contributed by atoms with E-state index in [9.17, 15) is 0 Å². The van der Waals surface area contributed by atoms with Crippen LogP contribution in [0, 0.1) is 11.8 Å². The van der Waals surface area contributed by atoms with Gasteiger partial charge in [0.05, 0.1) is 0 Å². The van der Waals surface area contributed by atoms with Gasteiger partial charge < -0.3 is 5.11 Å². The molecule has 0 radical (unpaired) electrons. The molecule has 0 aliphatic heterocycles. The van der Waals surface area contributed by atoms with E-state index in [-0.39, 0.29) is 0 Å². The van der Waals surface area contributed by atoms with Gasteiger partial charge in [0.1, 0.15) is 5.60 Å². The van der Waals surface area contributed by atoms with E-state index in [0.29, 0.717) is 0 Å². The van der Waals surface area contributed by atoms with Gasteiger partial charge in [-0.2, -0.15) is 0 Å². The first-order valence-corrected chi connectivity index (χ1v) is 2.22. The minimum atomic E-state index is -0.811. The van der Waals surface area contributed by atoms with Crippen LogP contribution in [-0.4, -0.2) is 10.7 Å². The summed E-state index contributed by atoms with van der Waals surface area (Å²) in [6, 6.07) is 0. The normalized spacial score (nSPS) is 9.71. The zero-order valence-electron chi connectivity index (χ0n) is 4.95. The molecule has 1 nitrogen and oxygen atoms in total. The monoisotopic (exact) mass is 98.1 g/mol. The fourth-order valence-corrected chi connectivity index (χ4v) is 0.306. The van der Waals surface area contributed by atoms with Crippen molar-refractivity contribution in [3.63, 3.8) is 0 Å². The van der Waals surface area contributed by atoms with Crippen LogP contribution in [0.3, 0.4) is 0 Å². The Bertz CT molecular complexity index is 97.6. The highest BCUT2D eigenvalue weighted by molar-refractivity contribution is 5.07. The van der Waals surface area contributed by atoms with Gasteiger partial charge in [-0.3, -0.25) is 0 Å². The standard InChI is InChI=1S/C6H10O/c1-4-5-6(2,3)7/h7H,1-3H3. The smallest absolute Gasteiger partial charge is 0.119 e. The van der Waals surface area contributed by atoms with Crippen molar-refractivity contribution >= 4 is 0 Å². The maximum Gasteiger partial charge on any atom is 0.119 e.